The number of halogens is 1. The summed E-state index contributed by atoms with van der Waals surface area (Å²) in [5, 5.41) is 0. The Labute approximate surface area is 209 Å². The lowest BCUT2D eigenvalue weighted by molar-refractivity contribution is 0.199. The van der Waals surface area contributed by atoms with Crippen molar-refractivity contribution in [3.8, 4) is 5.75 Å². The number of likely N-dealkylation sites (tertiary alicyclic amines) is 1. The molecule has 0 bridgehead atoms. The molecule has 1 atom stereocenters. The van der Waals surface area contributed by atoms with Crippen molar-refractivity contribution in [2.75, 3.05) is 19.6 Å². The van der Waals surface area contributed by atoms with Gasteiger partial charge in [-0.05, 0) is 97.2 Å². The van der Waals surface area contributed by atoms with E-state index in [-0.39, 0.29) is 11.9 Å². The third-order valence-corrected chi connectivity index (χ3v) is 7.41. The van der Waals surface area contributed by atoms with Crippen molar-refractivity contribution >= 4 is 11.1 Å². The van der Waals surface area contributed by atoms with E-state index in [1.165, 1.54) is 30.5 Å². The Morgan fingerprint density at radius 1 is 0.971 bits per heavy atom. The summed E-state index contributed by atoms with van der Waals surface area (Å²) in [7, 11) is 0. The Kier molecular flexibility index (Phi) is 7.34. The molecule has 3 heteroatoms. The minimum atomic E-state index is -0.134. The van der Waals surface area contributed by atoms with Crippen LogP contribution in [0.5, 0.6) is 5.75 Å². The first-order chi connectivity index (χ1) is 17.1. The summed E-state index contributed by atoms with van der Waals surface area (Å²) in [5.74, 6) is 0.785. The molecule has 1 fully saturated rings. The molecular formula is C32H36FNO. The summed E-state index contributed by atoms with van der Waals surface area (Å²) < 4.78 is 21.5. The maximum Gasteiger partial charge on any atom is 0.130 e. The number of unbranched alkanes of at least 4 members (excludes halogenated alkanes) is 1. The van der Waals surface area contributed by atoms with Gasteiger partial charge >= 0.3 is 0 Å². The molecule has 0 N–H and O–H groups in total. The molecule has 2 aliphatic rings. The number of hydrogen-bond acceptors (Lipinski definition) is 2. The fraction of sp³-hybridized carbons (Fsp3) is 0.375. The average Bonchev–Trinajstić information content (AvgIpc) is 3.22. The van der Waals surface area contributed by atoms with E-state index in [1.807, 2.05) is 19.1 Å². The van der Waals surface area contributed by atoms with Crippen molar-refractivity contribution in [1.29, 1.82) is 0 Å². The quantitative estimate of drug-likeness (QED) is 0.352. The highest BCUT2D eigenvalue weighted by molar-refractivity contribution is 6.00. The van der Waals surface area contributed by atoms with Crippen molar-refractivity contribution in [3.05, 3.63) is 100 Å². The molecule has 0 aromatic heterocycles. The number of nitrogens with zero attached hydrogens (tertiary/aromatic N) is 1. The lowest BCUT2D eigenvalue weighted by Gasteiger charge is -2.19. The van der Waals surface area contributed by atoms with Crippen molar-refractivity contribution in [2.45, 2.75) is 58.5 Å². The van der Waals surface area contributed by atoms with Gasteiger partial charge in [-0.1, -0.05) is 61.9 Å². The van der Waals surface area contributed by atoms with E-state index in [0.717, 1.165) is 72.4 Å². The zero-order valence-electron chi connectivity index (χ0n) is 21.0. The first-order valence-electron chi connectivity index (χ1n) is 13.2. The maximum atomic E-state index is 15.2. The maximum absolute atomic E-state index is 15.2. The van der Waals surface area contributed by atoms with Crippen LogP contribution >= 0.6 is 0 Å². The Morgan fingerprint density at radius 3 is 2.60 bits per heavy atom. The van der Waals surface area contributed by atoms with Crippen LogP contribution in [0, 0.1) is 12.7 Å². The standard InChI is InChI=1S/C32H36FNO/c1-3-4-19-34-20-18-27(22-34)35-26-15-13-25(14-16-26)32-28-10-6-5-8-24(28)9-7-11-30(32)29-17-12-23(2)21-31(29)33/h5-6,8,10,12-17,21,27H,3-4,7,9,11,18-20,22H2,1-2H3. The second kappa shape index (κ2) is 10.8. The Morgan fingerprint density at radius 2 is 1.80 bits per heavy atom. The van der Waals surface area contributed by atoms with Gasteiger partial charge in [0.1, 0.15) is 17.7 Å². The summed E-state index contributed by atoms with van der Waals surface area (Å²) >= 11 is 0. The largest absolute Gasteiger partial charge is 0.489 e. The lowest BCUT2D eigenvalue weighted by Crippen LogP contribution is -2.25. The van der Waals surface area contributed by atoms with Gasteiger partial charge in [0.15, 0.2) is 0 Å². The van der Waals surface area contributed by atoms with E-state index in [0.29, 0.717) is 0 Å². The van der Waals surface area contributed by atoms with Gasteiger partial charge in [-0.2, -0.15) is 0 Å². The van der Waals surface area contributed by atoms with Gasteiger partial charge in [-0.15, -0.1) is 0 Å². The molecule has 0 amide bonds. The number of aryl methyl sites for hydroxylation is 2. The van der Waals surface area contributed by atoms with Gasteiger partial charge in [0.25, 0.3) is 0 Å². The van der Waals surface area contributed by atoms with Gasteiger partial charge in [0, 0.05) is 18.7 Å². The van der Waals surface area contributed by atoms with Crippen LogP contribution in [0.2, 0.25) is 0 Å². The number of fused-ring (bicyclic) bond motifs is 1. The molecule has 1 heterocycles. The van der Waals surface area contributed by atoms with Crippen LogP contribution in [0.15, 0.2) is 66.7 Å². The van der Waals surface area contributed by atoms with E-state index in [1.54, 1.807) is 6.07 Å². The van der Waals surface area contributed by atoms with Crippen LogP contribution in [0.3, 0.4) is 0 Å². The molecule has 1 saturated heterocycles. The fourth-order valence-corrected chi connectivity index (χ4v) is 5.56. The molecule has 1 unspecified atom stereocenters. The number of ether oxygens (including phenoxy) is 1. The molecule has 3 aromatic carbocycles. The second-order valence-electron chi connectivity index (χ2n) is 10.1. The summed E-state index contributed by atoms with van der Waals surface area (Å²) in [5.41, 5.74) is 7.60. The molecule has 0 radical (unpaired) electrons. The van der Waals surface area contributed by atoms with Gasteiger partial charge in [0.05, 0.1) is 0 Å². The molecule has 1 aliphatic carbocycles. The Bertz CT molecular complexity index is 1200. The molecular weight excluding hydrogens is 433 g/mol. The number of benzene rings is 3. The topological polar surface area (TPSA) is 12.5 Å². The van der Waals surface area contributed by atoms with Crippen LogP contribution < -0.4 is 4.74 Å². The Balaban J connectivity index is 1.47. The van der Waals surface area contributed by atoms with Gasteiger partial charge in [-0.3, -0.25) is 4.90 Å². The van der Waals surface area contributed by atoms with E-state index in [9.17, 15) is 0 Å². The predicted octanol–water partition coefficient (Wildman–Crippen LogP) is 7.68. The van der Waals surface area contributed by atoms with Crippen LogP contribution in [-0.2, 0) is 6.42 Å². The summed E-state index contributed by atoms with van der Waals surface area (Å²) in [6.07, 6.45) is 6.71. The number of hydrogen-bond donors (Lipinski definition) is 0. The second-order valence-corrected chi connectivity index (χ2v) is 10.1. The monoisotopic (exact) mass is 469 g/mol. The third kappa shape index (κ3) is 5.36. The molecule has 2 nitrogen and oxygen atoms in total. The normalized spacial score (nSPS) is 18.4. The van der Waals surface area contributed by atoms with E-state index >= 15 is 4.39 Å². The highest BCUT2D eigenvalue weighted by Gasteiger charge is 2.24. The van der Waals surface area contributed by atoms with E-state index in [2.05, 4.69) is 60.4 Å². The van der Waals surface area contributed by atoms with E-state index in [4.69, 9.17) is 4.74 Å². The zero-order valence-corrected chi connectivity index (χ0v) is 21.0. The Hall–Kier alpha value is -2.91. The minimum absolute atomic E-state index is 0.134. The molecule has 0 saturated carbocycles. The molecule has 0 spiro atoms. The molecule has 35 heavy (non-hydrogen) atoms. The van der Waals surface area contributed by atoms with Crippen molar-refractivity contribution in [1.82, 2.24) is 4.90 Å². The van der Waals surface area contributed by atoms with Crippen LogP contribution in [0.1, 0.15) is 66.8 Å². The van der Waals surface area contributed by atoms with Crippen LogP contribution in [0.25, 0.3) is 11.1 Å². The smallest absolute Gasteiger partial charge is 0.130 e. The zero-order chi connectivity index (χ0) is 24.2. The first-order valence-corrected chi connectivity index (χ1v) is 13.2. The minimum Gasteiger partial charge on any atom is -0.489 e. The van der Waals surface area contributed by atoms with Gasteiger partial charge in [-0.25, -0.2) is 4.39 Å². The van der Waals surface area contributed by atoms with Gasteiger partial charge < -0.3 is 4.74 Å². The lowest BCUT2D eigenvalue weighted by atomic mass is 9.87. The molecule has 5 rings (SSSR count). The molecule has 3 aromatic rings. The number of rotatable bonds is 7. The predicted molar refractivity (Wildman–Crippen MR) is 143 cm³/mol. The number of allylic oxidation sites excluding steroid dienone is 1. The highest BCUT2D eigenvalue weighted by atomic mass is 19.1. The average molecular weight is 470 g/mol. The molecule has 1 aliphatic heterocycles. The first kappa shape index (κ1) is 23.8. The van der Waals surface area contributed by atoms with Crippen molar-refractivity contribution in [3.63, 3.8) is 0 Å². The summed E-state index contributed by atoms with van der Waals surface area (Å²) in [6.45, 7) is 7.49. The van der Waals surface area contributed by atoms with Gasteiger partial charge in [0.2, 0.25) is 0 Å². The molecule has 182 valence electrons. The van der Waals surface area contributed by atoms with Crippen LogP contribution in [0.4, 0.5) is 4.39 Å². The van der Waals surface area contributed by atoms with Crippen molar-refractivity contribution < 1.29 is 9.13 Å². The fourth-order valence-electron chi connectivity index (χ4n) is 5.56. The third-order valence-electron chi connectivity index (χ3n) is 7.41. The SMILES string of the molecule is CCCCN1CCC(Oc2ccc(C3=C(c4ccc(C)cc4F)CCCc4ccccc43)cc2)C1. The van der Waals surface area contributed by atoms with E-state index < -0.39 is 0 Å². The summed E-state index contributed by atoms with van der Waals surface area (Å²) in [6, 6.07) is 22.7. The summed E-state index contributed by atoms with van der Waals surface area (Å²) in [4.78, 5) is 2.51. The van der Waals surface area contributed by atoms with Crippen molar-refractivity contribution in [2.24, 2.45) is 0 Å². The highest BCUT2D eigenvalue weighted by Crippen LogP contribution is 2.41. The van der Waals surface area contributed by atoms with Crippen LogP contribution in [-0.4, -0.2) is 30.6 Å².